The van der Waals surface area contributed by atoms with Crippen molar-refractivity contribution in [1.29, 1.82) is 0 Å². The van der Waals surface area contributed by atoms with E-state index in [9.17, 15) is 71.9 Å². The monoisotopic (exact) mass is 1950 g/mol. The quantitative estimate of drug-likeness (QED) is 0.0127. The predicted octanol–water partition coefficient (Wildman–Crippen LogP) is 14.0. The number of fused-ring (bicyclic) bond motifs is 5. The Hall–Kier alpha value is -15.7. The Morgan fingerprint density at radius 1 is 0.280 bits per heavy atom. The SMILES string of the molecule is Cc1c(C(=O)C(N)=O)c2c(OCC(=O)O)cccn2c1CC1CCCC1.Cc1c(C(=O)C(N)=O)c2c(OCC(=O)O)cccn2c1CC1CCCCC1.Cc1c(C(=O)C(N)=O)c2c(OCC(=O)O)cccn2c1Cc1ccccc1-c1ccccc1.NC(=O)C(=O)c1c(C2CC2)c(CC2CCCC2)n2cccc(OCC(=O)O)c12.NC(=O)C(=O)c1c(C2CC2)c(CC2CCCCC2)n2cccc(OCC(=O)O)c12. The summed E-state index contributed by atoms with van der Waals surface area (Å²) < 4.78 is 36.4. The van der Waals surface area contributed by atoms with Gasteiger partial charge in [-0.1, -0.05) is 170 Å². The number of carbonyl (C=O) groups is 15. The Kier molecular flexibility index (Phi) is 33.3. The highest BCUT2D eigenvalue weighted by Crippen LogP contribution is 2.51. The Morgan fingerprint density at radius 3 is 0.797 bits per heavy atom. The van der Waals surface area contributed by atoms with E-state index in [-0.39, 0.29) is 57.3 Å². The van der Waals surface area contributed by atoms with E-state index < -0.39 is 121 Å². The van der Waals surface area contributed by atoms with Crippen LogP contribution >= 0.6 is 0 Å². The third-order valence-corrected chi connectivity index (χ3v) is 27.8. The van der Waals surface area contributed by atoms with Gasteiger partial charge in [0, 0.05) is 65.9 Å². The van der Waals surface area contributed by atoms with Gasteiger partial charge in [0.25, 0.3) is 58.5 Å². The first-order valence-corrected chi connectivity index (χ1v) is 48.4. The first kappa shape index (κ1) is 103. The number of nitrogens with two attached hydrogens (primary N) is 5. The molecule has 0 bridgehead atoms. The van der Waals surface area contributed by atoms with Crippen molar-refractivity contribution in [3.8, 4) is 39.9 Å². The fourth-order valence-corrected chi connectivity index (χ4v) is 21.1. The number of pyridine rings is 5. The van der Waals surface area contributed by atoms with Crippen molar-refractivity contribution in [2.24, 2.45) is 52.3 Å². The number of amides is 5. The second kappa shape index (κ2) is 46.1. The number of hydrogen-bond acceptors (Lipinski definition) is 20. The molecule has 0 radical (unpaired) electrons. The van der Waals surface area contributed by atoms with Crippen molar-refractivity contribution in [2.75, 3.05) is 33.0 Å². The third-order valence-electron chi connectivity index (χ3n) is 27.8. The Balaban J connectivity index is 0.000000142. The maximum Gasteiger partial charge on any atom is 0.341 e. The summed E-state index contributed by atoms with van der Waals surface area (Å²) in [5.74, 6) is -10.8. The number of aromatic nitrogens is 5. The lowest BCUT2D eigenvalue weighted by Crippen LogP contribution is -2.24. The van der Waals surface area contributed by atoms with Crippen LogP contribution in [0.1, 0.15) is 267 Å². The summed E-state index contributed by atoms with van der Waals surface area (Å²) in [5.41, 5.74) is 41.4. The summed E-state index contributed by atoms with van der Waals surface area (Å²) in [7, 11) is 0. The highest BCUT2D eigenvalue weighted by Gasteiger charge is 2.41. The van der Waals surface area contributed by atoms with Crippen LogP contribution in [-0.4, -0.2) is 169 Å². The van der Waals surface area contributed by atoms with Gasteiger partial charge in [-0.2, -0.15) is 0 Å². The minimum absolute atomic E-state index is 0.121. The normalized spacial score (nSPS) is 14.9. The van der Waals surface area contributed by atoms with Crippen LogP contribution in [0.2, 0.25) is 0 Å². The molecule has 5 amide bonds. The lowest BCUT2D eigenvalue weighted by Gasteiger charge is -2.22. The zero-order valence-electron chi connectivity index (χ0n) is 80.0. The maximum atomic E-state index is 12.8. The molecule has 0 unspecified atom stereocenters. The van der Waals surface area contributed by atoms with Crippen LogP contribution in [0, 0.1) is 44.4 Å². The van der Waals surface area contributed by atoms with E-state index in [1.54, 1.807) is 91.3 Å². The largest absolute Gasteiger partial charge is 0.480 e. The number of hydrogen-bond donors (Lipinski definition) is 10. The molecular weight excluding hydrogens is 1840 g/mol. The summed E-state index contributed by atoms with van der Waals surface area (Å²) in [6.45, 7) is 2.66. The molecule has 0 atom stereocenters. The molecule has 10 heterocycles. The van der Waals surface area contributed by atoms with Gasteiger partial charge in [0.05, 0.1) is 55.4 Å². The van der Waals surface area contributed by atoms with Gasteiger partial charge in [-0.25, -0.2) is 24.0 Å². The Labute approximate surface area is 821 Å². The maximum absolute atomic E-state index is 12.8. The van der Waals surface area contributed by atoms with Gasteiger partial charge in [0.2, 0.25) is 0 Å². The van der Waals surface area contributed by atoms with Crippen LogP contribution in [-0.2, 0) is 80.0 Å². The second-order valence-electron chi connectivity index (χ2n) is 37.5. The molecule has 2 aromatic carbocycles. The molecule has 35 heteroatoms. The van der Waals surface area contributed by atoms with Gasteiger partial charge < -0.3 is 99.9 Å². The van der Waals surface area contributed by atoms with Crippen molar-refractivity contribution in [3.63, 3.8) is 0 Å². The number of carboxylic acid groups (broad SMARTS) is 5. The molecule has 143 heavy (non-hydrogen) atoms. The highest BCUT2D eigenvalue weighted by molar-refractivity contribution is 6.47. The van der Waals surface area contributed by atoms with Gasteiger partial charge in [0.1, 0.15) is 28.7 Å². The average Bonchev–Trinajstić information content (AvgIpc) is 1.57. The van der Waals surface area contributed by atoms with E-state index in [1.165, 1.54) is 64.2 Å². The van der Waals surface area contributed by atoms with E-state index in [4.69, 9.17) is 77.9 Å². The van der Waals surface area contributed by atoms with Gasteiger partial charge in [-0.15, -0.1) is 0 Å². The van der Waals surface area contributed by atoms with Gasteiger partial charge >= 0.3 is 29.8 Å². The molecule has 15 N–H and O–H groups in total. The van der Waals surface area contributed by atoms with Crippen LogP contribution in [0.15, 0.2) is 146 Å². The smallest absolute Gasteiger partial charge is 0.341 e. The van der Waals surface area contributed by atoms with E-state index >= 15 is 0 Å². The number of nitrogens with zero attached hydrogens (tertiary/aromatic N) is 5. The molecular formula is C108H118N10O25. The fourth-order valence-electron chi connectivity index (χ4n) is 21.1. The second-order valence-corrected chi connectivity index (χ2v) is 37.5. The number of aliphatic carboxylic acids is 5. The first-order chi connectivity index (χ1) is 68.6. The number of rotatable bonds is 38. The lowest BCUT2D eigenvalue weighted by molar-refractivity contribution is -0.140. The summed E-state index contributed by atoms with van der Waals surface area (Å²) in [4.78, 5) is 177. The van der Waals surface area contributed by atoms with Crippen LogP contribution in [0.3, 0.4) is 0 Å². The standard InChI is InChI=1S/C26H22N2O5.C22H26N2O5.C21H24N2O5.C20H24N2O5.C19H22N2O5/c1-16-20(14-18-10-5-6-11-19(18)17-8-3-2-4-9-17)28-13-7-12-21(33-15-22(29)30)24(28)23(16)25(31)26(27)32;23-22(28)21(27)19-18(14-8-9-14)15(11-13-5-2-1-3-6-13)24-10-4-7-16(20(19)24)29-12-17(25)26;22-21(27)20(26)18-17(13-7-8-13)14(10-12-4-1-2-5-12)23-9-3-6-15(19(18)23)28-11-16(24)25;1-12-14(10-13-6-3-2-4-7-13)22-9-5-8-15(27-11-16(23)24)18(22)17(12)19(25)20(21)26;1-11-13(9-12-5-2-3-6-12)21-8-4-7-14(26-10-15(22)23)17(21)16(11)18(24)19(20)25/h2-13H,14-15H2,1H3,(H2,27,32)(H,29,30);4,7,10,13-14H,1-3,5-6,8-9,11-12H2,(H2,23,28)(H,25,26);3,6,9,12-13H,1-2,4-5,7-8,10-11H2,(H2,22,27)(H,24,25);5,8-9,13H,2-4,6-7,10-11H2,1H3,(H2,21,26)(H,23,24);4,7-8,12H,2-3,5-6,9-10H2,1H3,(H2,20,25)(H,22,23). The lowest BCUT2D eigenvalue weighted by atomic mass is 9.84. The van der Waals surface area contributed by atoms with Crippen LogP contribution < -0.4 is 52.4 Å². The van der Waals surface area contributed by atoms with Gasteiger partial charge in [-0.05, 0) is 213 Å². The van der Waals surface area contributed by atoms with Crippen molar-refractivity contribution >= 4 is 116 Å². The predicted molar refractivity (Wildman–Crippen MR) is 525 cm³/mol. The summed E-state index contributed by atoms with van der Waals surface area (Å²) in [6.07, 6.45) is 38.1. The van der Waals surface area contributed by atoms with E-state index in [2.05, 4.69) is 0 Å². The van der Waals surface area contributed by atoms with Crippen LogP contribution in [0.5, 0.6) is 28.7 Å². The zero-order chi connectivity index (χ0) is 102. The number of ether oxygens (including phenoxy) is 5. The van der Waals surface area contributed by atoms with E-state index in [0.717, 1.165) is 159 Å². The molecule has 10 aromatic heterocycles. The van der Waals surface area contributed by atoms with E-state index in [0.29, 0.717) is 85.5 Å². The number of ketones is 5. The summed E-state index contributed by atoms with van der Waals surface area (Å²) in [5, 5.41) is 44.8. The molecule has 750 valence electrons. The minimum atomic E-state index is -1.15. The zero-order valence-corrected chi connectivity index (χ0v) is 80.0. The van der Waals surface area contributed by atoms with Crippen molar-refractivity contribution in [3.05, 3.63) is 236 Å². The average molecular weight is 1960 g/mol. The van der Waals surface area contributed by atoms with E-state index in [1.807, 2.05) is 97.7 Å². The summed E-state index contributed by atoms with van der Waals surface area (Å²) in [6, 6.07) is 34.7. The molecule has 6 aliphatic rings. The number of carboxylic acids is 5. The molecule has 6 fully saturated rings. The topological polar surface area (TPSA) is 556 Å². The molecule has 12 aromatic rings. The van der Waals surface area contributed by atoms with Gasteiger partial charge in [0.15, 0.2) is 33.0 Å². The van der Waals surface area contributed by atoms with Crippen molar-refractivity contribution in [1.82, 2.24) is 22.0 Å². The highest BCUT2D eigenvalue weighted by atomic mass is 16.5. The first-order valence-electron chi connectivity index (χ1n) is 48.4. The molecule has 0 aliphatic heterocycles. The number of primary amides is 5. The third kappa shape index (κ3) is 23.8. The number of carbonyl (C=O) groups excluding carboxylic acids is 10. The molecule has 0 spiro atoms. The number of benzene rings is 2. The minimum Gasteiger partial charge on any atom is -0.480 e. The molecule has 6 saturated carbocycles. The van der Waals surface area contributed by atoms with Crippen LogP contribution in [0.25, 0.3) is 38.7 Å². The Morgan fingerprint density at radius 2 is 0.517 bits per heavy atom. The molecule has 18 rings (SSSR count). The van der Waals surface area contributed by atoms with Crippen molar-refractivity contribution < 1.29 is 121 Å². The molecule has 6 aliphatic carbocycles. The molecule has 0 saturated heterocycles. The van der Waals surface area contributed by atoms with Crippen molar-refractivity contribution in [2.45, 2.75) is 206 Å². The van der Waals surface area contributed by atoms with Crippen LogP contribution in [0.4, 0.5) is 0 Å². The fraction of sp³-hybridized carbons (Fsp3) is 0.380. The Bertz CT molecular complexity index is 6960. The number of Topliss-reactive ketones (excluding diaryl/α,β-unsaturated/α-hetero) is 5. The summed E-state index contributed by atoms with van der Waals surface area (Å²) >= 11 is 0. The van der Waals surface area contributed by atoms with Gasteiger partial charge in [-0.3, -0.25) is 47.9 Å². The molecule has 35 nitrogen and oxygen atoms in total.